The zero-order chi connectivity index (χ0) is 98.1. The molecule has 4 aromatic heterocycles. The summed E-state index contributed by atoms with van der Waals surface area (Å²) in [5, 5.41) is 0. The van der Waals surface area contributed by atoms with Gasteiger partial charge < -0.3 is 70.5 Å². The fourth-order valence-electron chi connectivity index (χ4n) is 17.6. The van der Waals surface area contributed by atoms with Gasteiger partial charge in [0.2, 0.25) is 0 Å². The number of thiophene rings is 4. The first-order valence-electron chi connectivity index (χ1n) is 43.2. The molecule has 5 N–H and O–H groups in total. The molecule has 0 radical (unpaired) electrons. The number of fused-ring (bicyclic) bond motifs is 6. The molecule has 12 heterocycles. The summed E-state index contributed by atoms with van der Waals surface area (Å²) in [6.07, 6.45) is 8.82. The summed E-state index contributed by atoms with van der Waals surface area (Å²) >= 11 is 8.22. The van der Waals surface area contributed by atoms with Crippen molar-refractivity contribution in [3.05, 3.63) is 246 Å². The molecule has 0 spiro atoms. The van der Waals surface area contributed by atoms with E-state index in [0.717, 1.165) is 104 Å². The summed E-state index contributed by atoms with van der Waals surface area (Å²) in [6, 6.07) is 65.7. The van der Waals surface area contributed by atoms with Crippen molar-refractivity contribution in [1.82, 2.24) is 0 Å². The van der Waals surface area contributed by atoms with Crippen molar-refractivity contribution in [2.24, 2.45) is 0 Å². The Morgan fingerprint density at radius 1 is 0.382 bits per heavy atom. The van der Waals surface area contributed by atoms with Crippen molar-refractivity contribution in [3.63, 3.8) is 0 Å². The van der Waals surface area contributed by atoms with E-state index in [1.165, 1.54) is 56.1 Å². The lowest BCUT2D eigenvalue weighted by Gasteiger charge is -2.55. The SMILES string of the molecule is CCC(CC(CC(CC(CC(CC(C)c1ccc(C2(C)SC(c3sc(-c4sc(-c5sc([C@@]6(S(C)(=O)([O-])O)SC(c7sc(C)c8c7OCCO8)=C7OCCOC76)c6c5OCCO6)c5c4OCCO5)c4c3OCCO4)=C3OCCOC32)cc1)c1ccccc1)c1ccccc1)c1ccccc1)c1ccccc1)c1ccccc1.CS(=O)(=O)O.CS(=O)(=O)O.CS(=O)(=O)O.CS(=O)(=O)O.CS(=O)(=O)[O-]. The molecule has 18 rings (SSSR count). The van der Waals surface area contributed by atoms with Crippen LogP contribution in [-0.4, -0.2) is 207 Å². The highest BCUT2D eigenvalue weighted by Crippen LogP contribution is 2.74. The van der Waals surface area contributed by atoms with Crippen molar-refractivity contribution >= 4 is 139 Å². The third-order valence-electron chi connectivity index (χ3n) is 23.0. The smallest absolute Gasteiger partial charge is 0.261 e. The Balaban J connectivity index is 0.000000557. The Labute approximate surface area is 818 Å². The quantitative estimate of drug-likeness (QED) is 0.0351. The van der Waals surface area contributed by atoms with Crippen LogP contribution >= 0.6 is 68.9 Å². The number of sulfone groups is 1. The molecule has 6 aromatic carbocycles. The van der Waals surface area contributed by atoms with Crippen LogP contribution in [0.25, 0.3) is 29.3 Å². The summed E-state index contributed by atoms with van der Waals surface area (Å²) in [4.78, 5) is 6.56. The average molecular weight is 2100 g/mol. The maximum atomic E-state index is 15.3. The van der Waals surface area contributed by atoms with Gasteiger partial charge in [-0.3, -0.25) is 22.4 Å². The zero-order valence-electron chi connectivity index (χ0n) is 75.9. The van der Waals surface area contributed by atoms with E-state index in [1.54, 1.807) is 23.1 Å². The standard InChI is InChI=1S/C89H90O15S7.5CH4O3S/c1-6-55(57-22-12-7-13-23-57)49-63(59-26-16-9-17-27-59)51-65(61-30-20-11-21-31-61)52-64(60-28-18-10-19-29-60)50-62(58-24-14-8-15-25-58)48-53(2)56-32-34-66(35-33-56)88(4)85-75(101-44-46-103-85)83(109-88)82-72-71(97-40-41-98-72)78(107-82)77-69-70(96-39-38-95-69)79(106-77)80-73-74(100-43-42-99-73)87(108-80)89(111(5,90,91)92)86-76(102-45-47-104-86)84(110-89)81-68-67(54(3)105-81)93-36-37-94-68;5*1-5(2,3)4/h7-35,53,55,62-65,85-86H,6,36-52H2,1-5H3,(H2,90,91,92);5*1H3,(H,2,3,4)/p-2/t53?,55?,62?,63?,64?,65?,85?,86?,88?,89-;;;;;/m1...../s1. The third kappa shape index (κ3) is 26.5. The van der Waals surface area contributed by atoms with E-state index in [0.29, 0.717) is 148 Å². The van der Waals surface area contributed by atoms with Crippen LogP contribution in [0, 0.1) is 6.92 Å². The first-order valence-corrected chi connectivity index (χ1v) is 59.6. The van der Waals surface area contributed by atoms with Crippen molar-refractivity contribution in [1.29, 1.82) is 0 Å². The molecule has 10 aromatic rings. The van der Waals surface area contributed by atoms with E-state index in [2.05, 4.69) is 197 Å². The van der Waals surface area contributed by atoms with Crippen LogP contribution in [0.5, 0.6) is 46.0 Å². The van der Waals surface area contributed by atoms with Gasteiger partial charge in [0.25, 0.3) is 40.5 Å². The molecule has 9 unspecified atom stereocenters. The lowest BCUT2D eigenvalue weighted by Crippen LogP contribution is -2.57. The number of thioether (sulfide) groups is 2. The Hall–Kier alpha value is -8.16. The maximum Gasteiger partial charge on any atom is 0.261 e. The van der Waals surface area contributed by atoms with Gasteiger partial charge in [-0.15, -0.1) is 57.1 Å². The van der Waals surface area contributed by atoms with E-state index in [1.807, 2.05) is 6.92 Å². The first-order chi connectivity index (χ1) is 64.1. The van der Waals surface area contributed by atoms with Gasteiger partial charge in [-0.2, -0.15) is 33.7 Å². The van der Waals surface area contributed by atoms with E-state index in [-0.39, 0.29) is 73.8 Å². The number of hydrogen-bond acceptors (Lipinski definition) is 31. The Kier molecular flexibility index (Phi) is 34.0. The summed E-state index contributed by atoms with van der Waals surface area (Å²) in [5.74, 6) is 6.68. The highest BCUT2D eigenvalue weighted by atomic mass is 32.3. The van der Waals surface area contributed by atoms with Crippen LogP contribution in [0.3, 0.4) is 0 Å². The fraction of sp³-hybridized carbons (Fsp3) is 0.404. The van der Waals surface area contributed by atoms with Crippen molar-refractivity contribution in [3.8, 4) is 65.5 Å². The van der Waals surface area contributed by atoms with Gasteiger partial charge in [-0.05, 0) is 136 Å². The molecule has 0 aliphatic carbocycles. The lowest BCUT2D eigenvalue weighted by molar-refractivity contribution is -0.0531. The van der Waals surface area contributed by atoms with Crippen molar-refractivity contribution < 1.29 is 135 Å². The van der Waals surface area contributed by atoms with Gasteiger partial charge in [0.1, 0.15) is 89.8 Å². The monoisotopic (exact) mass is 2100 g/mol. The molecule has 136 heavy (non-hydrogen) atoms. The van der Waals surface area contributed by atoms with Crippen LogP contribution in [0.1, 0.15) is 153 Å². The summed E-state index contributed by atoms with van der Waals surface area (Å²) in [6.45, 7) is 12.2. The average Bonchev–Trinajstić information content (AvgIpc) is 1.51. The predicted octanol–water partition coefficient (Wildman–Crippen LogP) is 18.7. The predicted molar refractivity (Wildman–Crippen MR) is 531 cm³/mol. The van der Waals surface area contributed by atoms with E-state index < -0.39 is 81.3 Å². The minimum Gasteiger partial charge on any atom is -0.768 e. The highest BCUT2D eigenvalue weighted by molar-refractivity contribution is 8.26. The number of benzene rings is 6. The maximum absolute atomic E-state index is 15.3. The molecular formula is C94H108O30S12-2. The second-order valence-corrected chi connectivity index (χ2v) is 51.3. The van der Waals surface area contributed by atoms with Crippen molar-refractivity contribution in [2.75, 3.05) is 117 Å². The second-order valence-electron chi connectivity index (χ2n) is 33.7. The number of rotatable bonds is 24. The molecular weight excluding hydrogens is 1990 g/mol. The van der Waals surface area contributed by atoms with Crippen LogP contribution in [-0.2, 0) is 88.0 Å². The van der Waals surface area contributed by atoms with Crippen LogP contribution < -0.4 is 37.9 Å². The zero-order valence-corrected chi connectivity index (χ0v) is 85.7. The molecule has 738 valence electrons. The molecule has 30 nitrogen and oxygen atoms in total. The fourth-order valence-corrected chi connectivity index (χ4v) is 28.6. The summed E-state index contributed by atoms with van der Waals surface area (Å²) in [7, 11) is -24.6. The van der Waals surface area contributed by atoms with Crippen molar-refractivity contribution in [2.45, 2.75) is 123 Å². The van der Waals surface area contributed by atoms with Gasteiger partial charge in [0.15, 0.2) is 50.1 Å². The molecule has 10 atom stereocenters. The molecule has 0 saturated carbocycles. The van der Waals surface area contributed by atoms with Gasteiger partial charge in [-0.25, -0.2) is 8.42 Å². The Morgan fingerprint density at radius 2 is 0.662 bits per heavy atom. The topological polar surface area (TPSA) is 446 Å². The second kappa shape index (κ2) is 43.9. The minimum atomic E-state index is -6.05. The van der Waals surface area contributed by atoms with Gasteiger partial charge >= 0.3 is 0 Å². The highest BCUT2D eigenvalue weighted by Gasteiger charge is 2.65. The van der Waals surface area contributed by atoms with Gasteiger partial charge in [0.05, 0.1) is 97.1 Å². The number of hydrogen-bond donors (Lipinski definition) is 5. The van der Waals surface area contributed by atoms with E-state index >= 15 is 8.76 Å². The normalized spacial score (nSPS) is 20.4. The van der Waals surface area contributed by atoms with Gasteiger partial charge in [0, 0.05) is 17.4 Å². The molecule has 2 saturated heterocycles. The van der Waals surface area contributed by atoms with E-state index in [4.69, 9.17) is 88.0 Å². The van der Waals surface area contributed by atoms with Crippen LogP contribution in [0.15, 0.2) is 187 Å². The molecule has 8 aliphatic rings. The molecule has 0 amide bonds. The number of ether oxygens (including phenoxy) is 12. The molecule has 0 bridgehead atoms. The number of aryl methyl sites for hydroxylation is 1. The minimum absolute atomic E-state index is 0.0684. The Bertz CT molecular complexity index is 6360. The summed E-state index contributed by atoms with van der Waals surface area (Å²) in [5.41, 5.74) is 9.41. The molecule has 2 fully saturated rings. The van der Waals surface area contributed by atoms with Crippen LogP contribution in [0.2, 0.25) is 0 Å². The van der Waals surface area contributed by atoms with E-state index in [9.17, 15) is 38.2 Å². The van der Waals surface area contributed by atoms with Crippen LogP contribution in [0.4, 0.5) is 0 Å². The molecule has 8 aliphatic heterocycles. The third-order valence-corrected chi connectivity index (χ3v) is 34.5. The first kappa shape index (κ1) is 105. The summed E-state index contributed by atoms with van der Waals surface area (Å²) < 4.78 is 250. The molecule has 42 heteroatoms. The largest absolute Gasteiger partial charge is 0.768 e. The Morgan fingerprint density at radius 3 is 1.04 bits per heavy atom. The lowest BCUT2D eigenvalue weighted by atomic mass is 9.72. The van der Waals surface area contributed by atoms with Gasteiger partial charge in [-0.1, -0.05) is 202 Å².